The molecule has 2 heterocycles. The van der Waals surface area contributed by atoms with E-state index >= 15 is 0 Å². The number of anilines is 1. The first-order valence-electron chi connectivity index (χ1n) is 7.42. The van der Waals surface area contributed by atoms with E-state index in [9.17, 15) is 0 Å². The molecule has 1 N–H and O–H groups in total. The highest BCUT2D eigenvalue weighted by atomic mass is 15.3. The van der Waals surface area contributed by atoms with Crippen LogP contribution in [0.2, 0.25) is 0 Å². The molecule has 1 aliphatic heterocycles. The first-order valence-corrected chi connectivity index (χ1v) is 7.42. The molecule has 0 bridgehead atoms. The number of hydrogen-bond donors (Lipinski definition) is 1. The number of rotatable bonds is 2. The van der Waals surface area contributed by atoms with Crippen LogP contribution in [0.25, 0.3) is 16.7 Å². The van der Waals surface area contributed by atoms with Crippen LogP contribution >= 0.6 is 0 Å². The summed E-state index contributed by atoms with van der Waals surface area (Å²) in [4.78, 5) is 7.24. The Morgan fingerprint density at radius 3 is 2.38 bits per heavy atom. The zero-order chi connectivity index (χ0) is 14.1. The van der Waals surface area contributed by atoms with Crippen molar-refractivity contribution in [3.63, 3.8) is 0 Å². The highest BCUT2D eigenvalue weighted by Crippen LogP contribution is 2.27. The summed E-state index contributed by atoms with van der Waals surface area (Å²) in [6.07, 6.45) is 0. The van der Waals surface area contributed by atoms with Crippen molar-refractivity contribution < 1.29 is 0 Å². The van der Waals surface area contributed by atoms with Crippen LogP contribution < -0.4 is 10.2 Å². The molecule has 0 unspecified atom stereocenters. The van der Waals surface area contributed by atoms with Gasteiger partial charge in [0.1, 0.15) is 0 Å². The Morgan fingerprint density at radius 2 is 1.57 bits per heavy atom. The number of fused-ring (bicyclic) bond motifs is 1. The molecule has 1 aliphatic rings. The lowest BCUT2D eigenvalue weighted by atomic mass is 10.3. The van der Waals surface area contributed by atoms with Gasteiger partial charge in [0.25, 0.3) is 0 Å². The van der Waals surface area contributed by atoms with Crippen molar-refractivity contribution >= 4 is 17.0 Å². The lowest BCUT2D eigenvalue weighted by molar-refractivity contribution is 0.578. The van der Waals surface area contributed by atoms with Crippen molar-refractivity contribution in [1.29, 1.82) is 0 Å². The van der Waals surface area contributed by atoms with Gasteiger partial charge in [-0.3, -0.25) is 4.57 Å². The van der Waals surface area contributed by atoms with Gasteiger partial charge in [0.15, 0.2) is 0 Å². The molecule has 1 saturated heterocycles. The van der Waals surface area contributed by atoms with E-state index in [4.69, 9.17) is 4.98 Å². The predicted molar refractivity (Wildman–Crippen MR) is 86.2 cm³/mol. The van der Waals surface area contributed by atoms with Crippen LogP contribution in [0.4, 0.5) is 5.95 Å². The summed E-state index contributed by atoms with van der Waals surface area (Å²) in [6.45, 7) is 4.02. The predicted octanol–water partition coefficient (Wildman–Crippen LogP) is 2.44. The van der Waals surface area contributed by atoms with E-state index in [1.54, 1.807) is 0 Å². The molecule has 2 aromatic carbocycles. The van der Waals surface area contributed by atoms with Crippen LogP contribution in [-0.4, -0.2) is 35.7 Å². The number of imidazole rings is 1. The van der Waals surface area contributed by atoms with Gasteiger partial charge in [-0.2, -0.15) is 0 Å². The normalized spacial score (nSPS) is 15.5. The molecule has 0 atom stereocenters. The second-order valence-corrected chi connectivity index (χ2v) is 5.31. The van der Waals surface area contributed by atoms with Gasteiger partial charge in [-0.05, 0) is 24.3 Å². The third-order valence-electron chi connectivity index (χ3n) is 3.96. The number of nitrogens with one attached hydrogen (secondary N) is 1. The molecule has 21 heavy (non-hydrogen) atoms. The van der Waals surface area contributed by atoms with Crippen LogP contribution in [0, 0.1) is 0 Å². The summed E-state index contributed by atoms with van der Waals surface area (Å²) < 4.78 is 2.26. The maximum absolute atomic E-state index is 4.87. The zero-order valence-corrected chi connectivity index (χ0v) is 11.9. The Hall–Kier alpha value is -2.33. The number of para-hydroxylation sites is 3. The molecule has 4 heteroatoms. The van der Waals surface area contributed by atoms with Crippen LogP contribution in [-0.2, 0) is 0 Å². The second-order valence-electron chi connectivity index (χ2n) is 5.31. The monoisotopic (exact) mass is 278 g/mol. The van der Waals surface area contributed by atoms with Crippen LogP contribution in [0.5, 0.6) is 0 Å². The molecule has 0 aliphatic carbocycles. The van der Waals surface area contributed by atoms with E-state index in [1.165, 1.54) is 5.69 Å². The third-order valence-corrected chi connectivity index (χ3v) is 3.96. The number of hydrogen-bond acceptors (Lipinski definition) is 3. The number of aromatic nitrogens is 2. The van der Waals surface area contributed by atoms with E-state index in [0.29, 0.717) is 0 Å². The fourth-order valence-corrected chi connectivity index (χ4v) is 2.92. The second kappa shape index (κ2) is 5.22. The number of benzene rings is 2. The van der Waals surface area contributed by atoms with Gasteiger partial charge in [-0.15, -0.1) is 0 Å². The lowest BCUT2D eigenvalue weighted by Gasteiger charge is -2.28. The highest BCUT2D eigenvalue weighted by molar-refractivity contribution is 5.81. The Morgan fingerprint density at radius 1 is 0.857 bits per heavy atom. The SMILES string of the molecule is c1ccc(-n2c(N3CCNCC3)nc3ccccc32)cc1. The Labute approximate surface area is 124 Å². The molecule has 1 fully saturated rings. The van der Waals surface area contributed by atoms with Crippen LogP contribution in [0.3, 0.4) is 0 Å². The summed E-state index contributed by atoms with van der Waals surface area (Å²) in [5, 5.41) is 3.40. The average molecular weight is 278 g/mol. The average Bonchev–Trinajstić information content (AvgIpc) is 2.96. The summed E-state index contributed by atoms with van der Waals surface area (Å²) in [7, 11) is 0. The highest BCUT2D eigenvalue weighted by Gasteiger charge is 2.19. The third kappa shape index (κ3) is 2.17. The first kappa shape index (κ1) is 12.4. The summed E-state index contributed by atoms with van der Waals surface area (Å²) in [5.41, 5.74) is 3.38. The van der Waals surface area contributed by atoms with Crippen molar-refractivity contribution in [1.82, 2.24) is 14.9 Å². The quantitative estimate of drug-likeness (QED) is 0.781. The van der Waals surface area contributed by atoms with Gasteiger partial charge in [0.2, 0.25) is 5.95 Å². The van der Waals surface area contributed by atoms with Crippen molar-refractivity contribution in [3.05, 3.63) is 54.6 Å². The van der Waals surface area contributed by atoms with E-state index in [-0.39, 0.29) is 0 Å². The molecular weight excluding hydrogens is 260 g/mol. The minimum absolute atomic E-state index is 0.996. The minimum Gasteiger partial charge on any atom is -0.339 e. The smallest absolute Gasteiger partial charge is 0.211 e. The van der Waals surface area contributed by atoms with Crippen LogP contribution in [0.15, 0.2) is 54.6 Å². The Balaban J connectivity index is 1.92. The first-order chi connectivity index (χ1) is 10.4. The topological polar surface area (TPSA) is 33.1 Å². The largest absolute Gasteiger partial charge is 0.339 e. The summed E-state index contributed by atoms with van der Waals surface area (Å²) >= 11 is 0. The van der Waals surface area contributed by atoms with E-state index in [2.05, 4.69) is 57.2 Å². The standard InChI is InChI=1S/C17H18N4/c1-2-6-14(7-3-1)21-16-9-5-4-8-15(16)19-17(21)20-12-10-18-11-13-20/h1-9,18H,10-13H2. The molecule has 0 spiro atoms. The molecule has 4 rings (SSSR count). The van der Waals surface area contributed by atoms with Crippen molar-refractivity contribution in [2.24, 2.45) is 0 Å². The fraction of sp³-hybridized carbons (Fsp3) is 0.235. The van der Waals surface area contributed by atoms with E-state index < -0.39 is 0 Å². The Bertz CT molecular complexity index is 742. The Kier molecular flexibility index (Phi) is 3.09. The van der Waals surface area contributed by atoms with Gasteiger partial charge in [-0.1, -0.05) is 30.3 Å². The number of piperazine rings is 1. The van der Waals surface area contributed by atoms with E-state index in [0.717, 1.165) is 43.2 Å². The van der Waals surface area contributed by atoms with Gasteiger partial charge >= 0.3 is 0 Å². The molecule has 1 aromatic heterocycles. The molecule has 0 radical (unpaired) electrons. The molecule has 106 valence electrons. The van der Waals surface area contributed by atoms with Crippen molar-refractivity contribution in [2.75, 3.05) is 31.1 Å². The molecule has 0 amide bonds. The summed E-state index contributed by atoms with van der Waals surface area (Å²) in [6, 6.07) is 18.8. The van der Waals surface area contributed by atoms with E-state index in [1.807, 2.05) is 12.1 Å². The molecular formula is C17H18N4. The molecule has 0 saturated carbocycles. The van der Waals surface area contributed by atoms with Crippen molar-refractivity contribution in [2.45, 2.75) is 0 Å². The van der Waals surface area contributed by atoms with Crippen LogP contribution in [0.1, 0.15) is 0 Å². The maximum atomic E-state index is 4.87. The molecule has 4 nitrogen and oxygen atoms in total. The minimum atomic E-state index is 0.996. The molecule has 3 aromatic rings. The lowest BCUT2D eigenvalue weighted by Crippen LogP contribution is -2.44. The zero-order valence-electron chi connectivity index (χ0n) is 11.9. The number of nitrogens with zero attached hydrogens (tertiary/aromatic N) is 3. The maximum Gasteiger partial charge on any atom is 0.211 e. The van der Waals surface area contributed by atoms with Gasteiger partial charge in [-0.25, -0.2) is 4.98 Å². The fourth-order valence-electron chi connectivity index (χ4n) is 2.92. The van der Waals surface area contributed by atoms with Gasteiger partial charge < -0.3 is 10.2 Å². The van der Waals surface area contributed by atoms with Crippen molar-refractivity contribution in [3.8, 4) is 5.69 Å². The van der Waals surface area contributed by atoms with Gasteiger partial charge in [0.05, 0.1) is 11.0 Å². The summed E-state index contributed by atoms with van der Waals surface area (Å²) in [5.74, 6) is 1.05. The van der Waals surface area contributed by atoms with Gasteiger partial charge in [0, 0.05) is 31.9 Å².